The summed E-state index contributed by atoms with van der Waals surface area (Å²) in [4.78, 5) is 6.54. The lowest BCUT2D eigenvalue weighted by Gasteiger charge is -2.44. The number of anilines is 1. The number of hydrogen-bond donors (Lipinski definition) is 0. The maximum absolute atomic E-state index is 13.3. The minimum atomic E-state index is -0.326. The van der Waals surface area contributed by atoms with Gasteiger partial charge in [-0.2, -0.15) is 0 Å². The van der Waals surface area contributed by atoms with E-state index in [-0.39, 0.29) is 17.8 Å². The fourth-order valence-corrected chi connectivity index (χ4v) is 3.39. The number of pyridine rings is 1. The first-order chi connectivity index (χ1) is 9.29. The van der Waals surface area contributed by atoms with Gasteiger partial charge in [-0.1, -0.05) is 12.8 Å². The molecule has 2 unspecified atom stereocenters. The molecule has 0 aromatic carbocycles. The van der Waals surface area contributed by atoms with E-state index >= 15 is 0 Å². The standard InChI is InChI=1S/C14H18ClFN2O/c15-8-10-7-11(16)9-17-14(10)18-5-6-19-13-4-2-1-3-12(13)18/h7,9,12-13H,1-6,8H2. The van der Waals surface area contributed by atoms with Gasteiger partial charge in [-0.15, -0.1) is 11.6 Å². The molecule has 3 rings (SSSR count). The van der Waals surface area contributed by atoms with E-state index in [1.165, 1.54) is 25.1 Å². The molecule has 1 aromatic rings. The van der Waals surface area contributed by atoms with Gasteiger partial charge in [-0.05, 0) is 18.9 Å². The van der Waals surface area contributed by atoms with Crippen molar-refractivity contribution in [1.82, 2.24) is 4.98 Å². The Kier molecular flexibility index (Phi) is 3.89. The summed E-state index contributed by atoms with van der Waals surface area (Å²) >= 11 is 5.93. The van der Waals surface area contributed by atoms with Gasteiger partial charge in [-0.3, -0.25) is 0 Å². The van der Waals surface area contributed by atoms with Crippen LogP contribution in [0.2, 0.25) is 0 Å². The van der Waals surface area contributed by atoms with E-state index in [2.05, 4.69) is 9.88 Å². The molecule has 5 heteroatoms. The third-order valence-corrected chi connectivity index (χ3v) is 4.35. The molecule has 0 bridgehead atoms. The summed E-state index contributed by atoms with van der Waals surface area (Å²) in [5, 5.41) is 0. The quantitative estimate of drug-likeness (QED) is 0.780. The number of morpholine rings is 1. The van der Waals surface area contributed by atoms with Crippen LogP contribution in [0.15, 0.2) is 12.3 Å². The predicted octanol–water partition coefficient (Wildman–Crippen LogP) is 3.11. The number of rotatable bonds is 2. The molecule has 0 spiro atoms. The Hall–Kier alpha value is -0.870. The minimum Gasteiger partial charge on any atom is -0.374 e. The molecule has 2 heterocycles. The first-order valence-corrected chi connectivity index (χ1v) is 7.41. The Labute approximate surface area is 117 Å². The summed E-state index contributed by atoms with van der Waals surface area (Å²) in [6.45, 7) is 1.52. The van der Waals surface area contributed by atoms with Crippen LogP contribution in [0.1, 0.15) is 31.2 Å². The molecule has 2 aliphatic rings. The number of ether oxygens (including phenoxy) is 1. The average Bonchev–Trinajstić information content (AvgIpc) is 2.46. The number of nitrogens with zero attached hydrogens (tertiary/aromatic N) is 2. The Morgan fingerprint density at radius 2 is 2.26 bits per heavy atom. The van der Waals surface area contributed by atoms with Crippen LogP contribution in [0.5, 0.6) is 0 Å². The maximum atomic E-state index is 13.3. The summed E-state index contributed by atoms with van der Waals surface area (Å²) in [7, 11) is 0. The Morgan fingerprint density at radius 1 is 1.42 bits per heavy atom. The van der Waals surface area contributed by atoms with Crippen molar-refractivity contribution < 1.29 is 9.13 Å². The summed E-state index contributed by atoms with van der Waals surface area (Å²) in [6, 6.07) is 1.85. The third kappa shape index (κ3) is 2.56. The Balaban J connectivity index is 1.91. The van der Waals surface area contributed by atoms with Gasteiger partial charge in [0.15, 0.2) is 0 Å². The van der Waals surface area contributed by atoms with Crippen molar-refractivity contribution in [1.29, 1.82) is 0 Å². The largest absolute Gasteiger partial charge is 0.374 e. The molecule has 104 valence electrons. The van der Waals surface area contributed by atoms with Gasteiger partial charge in [0.2, 0.25) is 0 Å². The topological polar surface area (TPSA) is 25.4 Å². The zero-order valence-electron chi connectivity index (χ0n) is 10.8. The summed E-state index contributed by atoms with van der Waals surface area (Å²) in [6.07, 6.45) is 6.24. The molecule has 0 radical (unpaired) electrons. The van der Waals surface area contributed by atoms with Crippen molar-refractivity contribution in [2.24, 2.45) is 0 Å². The summed E-state index contributed by atoms with van der Waals surface area (Å²) in [5.74, 6) is 0.791. The lowest BCUT2D eigenvalue weighted by Crippen LogP contribution is -2.53. The number of alkyl halides is 1. The summed E-state index contributed by atoms with van der Waals surface area (Å²) in [5.41, 5.74) is 0.771. The van der Waals surface area contributed by atoms with Crippen LogP contribution in [-0.4, -0.2) is 30.3 Å². The van der Waals surface area contributed by atoms with Gasteiger partial charge in [0.1, 0.15) is 11.6 Å². The van der Waals surface area contributed by atoms with E-state index in [0.717, 1.165) is 30.8 Å². The van der Waals surface area contributed by atoms with Crippen molar-refractivity contribution in [2.45, 2.75) is 43.7 Å². The first kappa shape index (κ1) is 13.1. The molecule has 1 saturated heterocycles. The molecule has 2 fully saturated rings. The van der Waals surface area contributed by atoms with E-state index in [1.54, 1.807) is 0 Å². The van der Waals surface area contributed by atoms with E-state index in [4.69, 9.17) is 16.3 Å². The molecule has 2 atom stereocenters. The fourth-order valence-electron chi connectivity index (χ4n) is 3.19. The van der Waals surface area contributed by atoms with Crippen LogP contribution in [0.4, 0.5) is 10.2 Å². The molecule has 1 aromatic heterocycles. The average molecular weight is 285 g/mol. The second-order valence-corrected chi connectivity index (χ2v) is 5.49. The van der Waals surface area contributed by atoms with Crippen LogP contribution in [-0.2, 0) is 10.6 Å². The second-order valence-electron chi connectivity index (χ2n) is 5.22. The monoisotopic (exact) mass is 284 g/mol. The second kappa shape index (κ2) is 5.63. The van der Waals surface area contributed by atoms with Crippen LogP contribution in [0, 0.1) is 5.82 Å². The highest BCUT2D eigenvalue weighted by Crippen LogP contribution is 2.33. The third-order valence-electron chi connectivity index (χ3n) is 4.06. The molecule has 1 saturated carbocycles. The van der Waals surface area contributed by atoms with Crippen molar-refractivity contribution in [3.63, 3.8) is 0 Å². The van der Waals surface area contributed by atoms with E-state index in [9.17, 15) is 4.39 Å². The predicted molar refractivity (Wildman–Crippen MR) is 73.1 cm³/mol. The van der Waals surface area contributed by atoms with Crippen LogP contribution < -0.4 is 4.90 Å². The Morgan fingerprint density at radius 3 is 3.11 bits per heavy atom. The lowest BCUT2D eigenvalue weighted by molar-refractivity contribution is -0.00904. The van der Waals surface area contributed by atoms with E-state index < -0.39 is 0 Å². The van der Waals surface area contributed by atoms with Gasteiger partial charge in [-0.25, -0.2) is 9.37 Å². The molecule has 3 nitrogen and oxygen atoms in total. The van der Waals surface area contributed by atoms with Crippen molar-refractivity contribution in [2.75, 3.05) is 18.1 Å². The van der Waals surface area contributed by atoms with E-state index in [0.29, 0.717) is 12.6 Å². The molecule has 0 N–H and O–H groups in total. The van der Waals surface area contributed by atoms with Crippen LogP contribution in [0.3, 0.4) is 0 Å². The van der Waals surface area contributed by atoms with Crippen LogP contribution in [0.25, 0.3) is 0 Å². The number of aromatic nitrogens is 1. The van der Waals surface area contributed by atoms with Crippen molar-refractivity contribution >= 4 is 17.4 Å². The maximum Gasteiger partial charge on any atom is 0.141 e. The molecular formula is C14H18ClFN2O. The van der Waals surface area contributed by atoms with Gasteiger partial charge in [0, 0.05) is 12.1 Å². The smallest absolute Gasteiger partial charge is 0.141 e. The molecule has 1 aliphatic carbocycles. The molecular weight excluding hydrogens is 267 g/mol. The van der Waals surface area contributed by atoms with Crippen molar-refractivity contribution in [3.8, 4) is 0 Å². The van der Waals surface area contributed by atoms with Gasteiger partial charge in [0.05, 0.1) is 30.8 Å². The van der Waals surface area contributed by atoms with Gasteiger partial charge in [0.25, 0.3) is 0 Å². The number of halogens is 2. The molecule has 0 amide bonds. The normalized spacial score (nSPS) is 27.2. The zero-order chi connectivity index (χ0) is 13.2. The zero-order valence-corrected chi connectivity index (χ0v) is 11.6. The molecule has 1 aliphatic heterocycles. The highest BCUT2D eigenvalue weighted by atomic mass is 35.5. The van der Waals surface area contributed by atoms with E-state index in [1.807, 2.05) is 0 Å². The SMILES string of the molecule is Fc1cnc(N2CCOC3CCCCC32)c(CCl)c1. The lowest BCUT2D eigenvalue weighted by atomic mass is 9.90. The summed E-state index contributed by atoms with van der Waals surface area (Å²) < 4.78 is 19.1. The molecule has 19 heavy (non-hydrogen) atoms. The highest BCUT2D eigenvalue weighted by molar-refractivity contribution is 6.17. The Bertz CT molecular complexity index is 455. The number of fused-ring (bicyclic) bond motifs is 1. The minimum absolute atomic E-state index is 0.287. The highest BCUT2D eigenvalue weighted by Gasteiger charge is 2.35. The fraction of sp³-hybridized carbons (Fsp3) is 0.643. The van der Waals surface area contributed by atoms with Gasteiger partial charge >= 0.3 is 0 Å². The first-order valence-electron chi connectivity index (χ1n) is 6.88. The van der Waals surface area contributed by atoms with Crippen molar-refractivity contribution in [3.05, 3.63) is 23.6 Å². The van der Waals surface area contributed by atoms with Crippen LogP contribution >= 0.6 is 11.6 Å². The number of hydrogen-bond acceptors (Lipinski definition) is 3. The van der Waals surface area contributed by atoms with Gasteiger partial charge < -0.3 is 9.64 Å².